The van der Waals surface area contributed by atoms with Gasteiger partial charge in [0.1, 0.15) is 0 Å². The Morgan fingerprint density at radius 1 is 1.22 bits per heavy atom. The zero-order valence-electron chi connectivity index (χ0n) is 10.5. The molecule has 0 amide bonds. The summed E-state index contributed by atoms with van der Waals surface area (Å²) in [5.74, 6) is 0.770. The average Bonchev–Trinajstić information content (AvgIpc) is 2.46. The van der Waals surface area contributed by atoms with Crippen molar-refractivity contribution in [1.82, 2.24) is 4.98 Å². The van der Waals surface area contributed by atoms with Crippen molar-refractivity contribution < 1.29 is 0 Å². The van der Waals surface area contributed by atoms with Crippen molar-refractivity contribution in [3.63, 3.8) is 0 Å². The zero-order valence-corrected chi connectivity index (χ0v) is 10.5. The molecule has 2 nitrogen and oxygen atoms in total. The van der Waals surface area contributed by atoms with E-state index < -0.39 is 0 Å². The van der Waals surface area contributed by atoms with Crippen LogP contribution in [0, 0.1) is 5.92 Å². The zero-order chi connectivity index (χ0) is 12.2. The van der Waals surface area contributed by atoms with Gasteiger partial charge in [-0.15, -0.1) is 0 Å². The number of nitrogens with zero attached hydrogens (tertiary/aromatic N) is 1. The van der Waals surface area contributed by atoms with Crippen molar-refractivity contribution >= 4 is 16.5 Å². The van der Waals surface area contributed by atoms with Crippen LogP contribution in [0.3, 0.4) is 0 Å². The lowest BCUT2D eigenvalue weighted by Gasteiger charge is -2.19. The number of pyridine rings is 1. The lowest BCUT2D eigenvalue weighted by Crippen LogP contribution is -2.15. The lowest BCUT2D eigenvalue weighted by molar-refractivity contribution is 0.504. The number of hydrogen-bond donors (Lipinski definition) is 1. The highest BCUT2D eigenvalue weighted by atomic mass is 14.9. The standard InChI is InChI=1S/C16H18N2/c1-2-5-13(6-3-1)11-18-16-8-4-7-14-12-17-10-9-15(14)16/h1-2,4,7-10,12-13,18H,3,5-6,11H2. The molecule has 2 aromatic rings. The van der Waals surface area contributed by atoms with E-state index in [1.807, 2.05) is 12.4 Å². The fourth-order valence-corrected chi connectivity index (χ4v) is 2.57. The first kappa shape index (κ1) is 11.3. The molecule has 1 aliphatic rings. The molecule has 1 N–H and O–H groups in total. The van der Waals surface area contributed by atoms with Gasteiger partial charge in [0.25, 0.3) is 0 Å². The summed E-state index contributed by atoms with van der Waals surface area (Å²) in [5, 5.41) is 6.06. The molecule has 0 spiro atoms. The van der Waals surface area contributed by atoms with Gasteiger partial charge in [0, 0.05) is 35.4 Å². The van der Waals surface area contributed by atoms with E-state index in [4.69, 9.17) is 0 Å². The molecule has 0 saturated carbocycles. The fraction of sp³-hybridized carbons (Fsp3) is 0.312. The van der Waals surface area contributed by atoms with Crippen molar-refractivity contribution in [3.8, 4) is 0 Å². The number of allylic oxidation sites excluding steroid dienone is 2. The van der Waals surface area contributed by atoms with E-state index >= 15 is 0 Å². The first-order valence-corrected chi connectivity index (χ1v) is 6.65. The van der Waals surface area contributed by atoms with Crippen molar-refractivity contribution in [1.29, 1.82) is 0 Å². The molecule has 18 heavy (non-hydrogen) atoms. The second kappa shape index (κ2) is 5.21. The quantitative estimate of drug-likeness (QED) is 0.817. The van der Waals surface area contributed by atoms with Crippen molar-refractivity contribution in [2.75, 3.05) is 11.9 Å². The highest BCUT2D eigenvalue weighted by molar-refractivity contribution is 5.93. The summed E-state index contributed by atoms with van der Waals surface area (Å²) < 4.78 is 0. The topological polar surface area (TPSA) is 24.9 Å². The predicted molar refractivity (Wildman–Crippen MR) is 76.7 cm³/mol. The highest BCUT2D eigenvalue weighted by Gasteiger charge is 2.09. The van der Waals surface area contributed by atoms with Gasteiger partial charge >= 0.3 is 0 Å². The van der Waals surface area contributed by atoms with Crippen LogP contribution in [0.2, 0.25) is 0 Å². The van der Waals surface area contributed by atoms with Crippen molar-refractivity contribution in [2.24, 2.45) is 5.92 Å². The summed E-state index contributed by atoms with van der Waals surface area (Å²) in [6, 6.07) is 8.43. The molecule has 92 valence electrons. The minimum absolute atomic E-state index is 0.770. The Labute approximate surface area is 108 Å². The molecule has 1 aromatic heterocycles. The Morgan fingerprint density at radius 3 is 3.11 bits per heavy atom. The molecule has 0 saturated heterocycles. The van der Waals surface area contributed by atoms with Gasteiger partial charge in [-0.1, -0.05) is 24.3 Å². The van der Waals surface area contributed by atoms with E-state index in [9.17, 15) is 0 Å². The highest BCUT2D eigenvalue weighted by Crippen LogP contribution is 2.24. The van der Waals surface area contributed by atoms with E-state index in [0.717, 1.165) is 12.5 Å². The number of aromatic nitrogens is 1. The molecule has 0 radical (unpaired) electrons. The van der Waals surface area contributed by atoms with Gasteiger partial charge in [-0.05, 0) is 37.3 Å². The van der Waals surface area contributed by atoms with E-state index in [1.54, 1.807) is 0 Å². The third kappa shape index (κ3) is 2.37. The smallest absolute Gasteiger partial charge is 0.0421 e. The van der Waals surface area contributed by atoms with Gasteiger partial charge in [-0.3, -0.25) is 4.98 Å². The first-order chi connectivity index (χ1) is 8.93. The summed E-state index contributed by atoms with van der Waals surface area (Å²) in [5.41, 5.74) is 1.23. The van der Waals surface area contributed by atoms with Crippen LogP contribution in [0.4, 0.5) is 5.69 Å². The summed E-state index contributed by atoms with van der Waals surface area (Å²) >= 11 is 0. The maximum absolute atomic E-state index is 4.17. The SMILES string of the molecule is C1=CCC(CNc2cccc3cnccc23)CC1. The van der Waals surface area contributed by atoms with E-state index in [0.29, 0.717) is 0 Å². The summed E-state index contributed by atoms with van der Waals surface area (Å²) in [6.45, 7) is 1.06. The number of rotatable bonds is 3. The third-order valence-electron chi connectivity index (χ3n) is 3.64. The average molecular weight is 238 g/mol. The molecule has 0 fully saturated rings. The predicted octanol–water partition coefficient (Wildman–Crippen LogP) is 4.00. The van der Waals surface area contributed by atoms with E-state index in [1.165, 1.54) is 35.7 Å². The molecule has 1 aromatic carbocycles. The Bertz CT molecular complexity index is 555. The summed E-state index contributed by atoms with van der Waals surface area (Å²) in [6.07, 6.45) is 12.1. The van der Waals surface area contributed by atoms with Gasteiger partial charge in [0.15, 0.2) is 0 Å². The van der Waals surface area contributed by atoms with Gasteiger partial charge in [0.2, 0.25) is 0 Å². The molecule has 0 aliphatic heterocycles. The van der Waals surface area contributed by atoms with E-state index in [-0.39, 0.29) is 0 Å². The molecule has 1 atom stereocenters. The second-order valence-electron chi connectivity index (χ2n) is 4.93. The van der Waals surface area contributed by atoms with E-state index in [2.05, 4.69) is 46.7 Å². The van der Waals surface area contributed by atoms with Crippen LogP contribution in [0.25, 0.3) is 10.8 Å². The monoisotopic (exact) mass is 238 g/mol. The molecule has 3 rings (SSSR count). The first-order valence-electron chi connectivity index (χ1n) is 6.65. The summed E-state index contributed by atoms with van der Waals surface area (Å²) in [7, 11) is 0. The Morgan fingerprint density at radius 2 is 2.22 bits per heavy atom. The normalized spacial score (nSPS) is 19.0. The van der Waals surface area contributed by atoms with Crippen LogP contribution in [-0.4, -0.2) is 11.5 Å². The molecule has 1 heterocycles. The molecule has 2 heteroatoms. The third-order valence-corrected chi connectivity index (χ3v) is 3.64. The van der Waals surface area contributed by atoms with Gasteiger partial charge in [-0.2, -0.15) is 0 Å². The maximum Gasteiger partial charge on any atom is 0.0421 e. The number of hydrogen-bond acceptors (Lipinski definition) is 2. The second-order valence-corrected chi connectivity index (χ2v) is 4.93. The summed E-state index contributed by atoms with van der Waals surface area (Å²) in [4.78, 5) is 4.17. The minimum Gasteiger partial charge on any atom is -0.384 e. The van der Waals surface area contributed by atoms with Crippen molar-refractivity contribution in [3.05, 3.63) is 48.8 Å². The van der Waals surface area contributed by atoms with Crippen LogP contribution in [0.1, 0.15) is 19.3 Å². The van der Waals surface area contributed by atoms with Crippen LogP contribution >= 0.6 is 0 Å². The van der Waals surface area contributed by atoms with Crippen molar-refractivity contribution in [2.45, 2.75) is 19.3 Å². The number of nitrogens with one attached hydrogen (secondary N) is 1. The largest absolute Gasteiger partial charge is 0.384 e. The number of fused-ring (bicyclic) bond motifs is 1. The van der Waals surface area contributed by atoms with Crippen LogP contribution in [0.15, 0.2) is 48.8 Å². The molecular formula is C16H18N2. The van der Waals surface area contributed by atoms with Gasteiger partial charge in [-0.25, -0.2) is 0 Å². The van der Waals surface area contributed by atoms with Crippen LogP contribution < -0.4 is 5.32 Å². The molecule has 0 bridgehead atoms. The Hall–Kier alpha value is -1.83. The minimum atomic E-state index is 0.770. The van der Waals surface area contributed by atoms with Gasteiger partial charge in [0.05, 0.1) is 0 Å². The van der Waals surface area contributed by atoms with Crippen LogP contribution in [0.5, 0.6) is 0 Å². The molecular weight excluding hydrogens is 220 g/mol. The van der Waals surface area contributed by atoms with Crippen LogP contribution in [-0.2, 0) is 0 Å². The lowest BCUT2D eigenvalue weighted by atomic mass is 9.94. The Balaban J connectivity index is 1.76. The number of anilines is 1. The molecule has 1 aliphatic carbocycles. The fourth-order valence-electron chi connectivity index (χ4n) is 2.57. The number of benzene rings is 1. The maximum atomic E-state index is 4.17. The van der Waals surface area contributed by atoms with Gasteiger partial charge < -0.3 is 5.32 Å². The molecule has 1 unspecified atom stereocenters. The Kier molecular flexibility index (Phi) is 3.26.